The molecule has 1 saturated carbocycles. The van der Waals surface area contributed by atoms with Gasteiger partial charge in [-0.05, 0) is 26.2 Å². The van der Waals surface area contributed by atoms with Crippen LogP contribution in [-0.2, 0) is 9.53 Å². The summed E-state index contributed by atoms with van der Waals surface area (Å²) in [5.74, 6) is -0.0218. The van der Waals surface area contributed by atoms with Gasteiger partial charge < -0.3 is 15.8 Å². The van der Waals surface area contributed by atoms with Gasteiger partial charge in [0, 0.05) is 19.8 Å². The number of carbonyl (C=O) groups is 1. The molecule has 1 aliphatic carbocycles. The average Bonchev–Trinajstić information content (AvgIpc) is 2.97. The minimum absolute atomic E-state index is 0.0218. The molecule has 86 valence electrons. The third kappa shape index (κ3) is 3.14. The Morgan fingerprint density at radius 3 is 2.73 bits per heavy atom. The normalized spacial score (nSPS) is 17.1. The predicted octanol–water partition coefficient (Wildman–Crippen LogP) is 0.595. The number of hydrogen-bond acceptors (Lipinski definition) is 3. The summed E-state index contributed by atoms with van der Waals surface area (Å²) in [7, 11) is 0. The topological polar surface area (TPSA) is 64.3 Å². The van der Waals surface area contributed by atoms with Gasteiger partial charge in [0.15, 0.2) is 0 Å². The van der Waals surface area contributed by atoms with Crippen LogP contribution in [0.3, 0.4) is 0 Å². The Bertz CT molecular complexity index is 252. The van der Waals surface area contributed by atoms with Gasteiger partial charge in [0.2, 0.25) is 5.91 Å². The molecule has 4 nitrogen and oxygen atoms in total. The van der Waals surface area contributed by atoms with Gasteiger partial charge in [-0.2, -0.15) is 0 Å². The van der Waals surface area contributed by atoms with Gasteiger partial charge in [0.1, 0.15) is 0 Å². The first-order chi connectivity index (χ1) is 7.13. The SMILES string of the molecule is CCOCCCNC(=O)C1(C(N)=S)CC1. The van der Waals surface area contributed by atoms with E-state index in [1.807, 2.05) is 6.92 Å². The summed E-state index contributed by atoms with van der Waals surface area (Å²) in [6, 6.07) is 0. The number of nitrogens with two attached hydrogens (primary N) is 1. The van der Waals surface area contributed by atoms with Crippen LogP contribution in [0, 0.1) is 5.41 Å². The van der Waals surface area contributed by atoms with Gasteiger partial charge in [0.25, 0.3) is 0 Å². The number of ether oxygens (including phenoxy) is 1. The third-order valence-electron chi connectivity index (χ3n) is 2.61. The van der Waals surface area contributed by atoms with Crippen molar-refractivity contribution >= 4 is 23.1 Å². The molecule has 1 amide bonds. The molecule has 1 rings (SSSR count). The molecule has 15 heavy (non-hydrogen) atoms. The van der Waals surface area contributed by atoms with E-state index in [1.165, 1.54) is 0 Å². The molecule has 0 unspecified atom stereocenters. The van der Waals surface area contributed by atoms with Crippen LogP contribution in [0.25, 0.3) is 0 Å². The summed E-state index contributed by atoms with van der Waals surface area (Å²) in [6.45, 7) is 3.97. The minimum Gasteiger partial charge on any atom is -0.392 e. The molecule has 0 aromatic carbocycles. The van der Waals surface area contributed by atoms with Crippen molar-refractivity contribution in [3.8, 4) is 0 Å². The Labute approximate surface area is 95.5 Å². The summed E-state index contributed by atoms with van der Waals surface area (Å²) >= 11 is 4.88. The Balaban J connectivity index is 2.17. The molecule has 0 radical (unpaired) electrons. The molecule has 1 aliphatic rings. The van der Waals surface area contributed by atoms with Crippen molar-refractivity contribution in [1.82, 2.24) is 5.32 Å². The number of rotatable bonds is 7. The Morgan fingerprint density at radius 1 is 1.60 bits per heavy atom. The van der Waals surface area contributed by atoms with Crippen molar-refractivity contribution in [2.24, 2.45) is 11.1 Å². The van der Waals surface area contributed by atoms with Crippen molar-refractivity contribution in [1.29, 1.82) is 0 Å². The molecular weight excluding hydrogens is 212 g/mol. The van der Waals surface area contributed by atoms with Crippen molar-refractivity contribution in [3.63, 3.8) is 0 Å². The van der Waals surface area contributed by atoms with Crippen LogP contribution in [0.4, 0.5) is 0 Å². The zero-order valence-corrected chi connectivity index (χ0v) is 9.86. The molecule has 0 heterocycles. The zero-order valence-electron chi connectivity index (χ0n) is 9.04. The van der Waals surface area contributed by atoms with E-state index >= 15 is 0 Å². The Kier molecular flexibility index (Phi) is 4.47. The molecule has 3 N–H and O–H groups in total. The lowest BCUT2D eigenvalue weighted by atomic mass is 10.1. The summed E-state index contributed by atoms with van der Waals surface area (Å²) in [4.78, 5) is 12.0. The first-order valence-electron chi connectivity index (χ1n) is 5.29. The summed E-state index contributed by atoms with van der Waals surface area (Å²) in [5, 5.41) is 2.84. The van der Waals surface area contributed by atoms with E-state index in [0.717, 1.165) is 19.3 Å². The first-order valence-corrected chi connectivity index (χ1v) is 5.70. The maximum absolute atomic E-state index is 11.7. The van der Waals surface area contributed by atoms with Crippen LogP contribution in [0.15, 0.2) is 0 Å². The molecule has 0 spiro atoms. The highest BCUT2D eigenvalue weighted by Crippen LogP contribution is 2.46. The molecule has 0 aromatic rings. The lowest BCUT2D eigenvalue weighted by Gasteiger charge is -2.13. The van der Waals surface area contributed by atoms with Crippen molar-refractivity contribution < 1.29 is 9.53 Å². The zero-order chi connectivity index (χ0) is 11.3. The van der Waals surface area contributed by atoms with Gasteiger partial charge in [-0.3, -0.25) is 4.79 Å². The van der Waals surface area contributed by atoms with E-state index in [1.54, 1.807) is 0 Å². The molecule has 0 bridgehead atoms. The fraction of sp³-hybridized carbons (Fsp3) is 0.800. The summed E-state index contributed by atoms with van der Waals surface area (Å²) in [5.41, 5.74) is 5.00. The maximum Gasteiger partial charge on any atom is 0.233 e. The number of nitrogens with one attached hydrogen (secondary N) is 1. The third-order valence-corrected chi connectivity index (χ3v) is 3.00. The second kappa shape index (κ2) is 5.42. The molecule has 1 fully saturated rings. The van der Waals surface area contributed by atoms with Crippen LogP contribution in [-0.4, -0.2) is 30.7 Å². The average molecular weight is 230 g/mol. The predicted molar refractivity (Wildman–Crippen MR) is 62.6 cm³/mol. The number of hydrogen-bond donors (Lipinski definition) is 2. The first kappa shape index (κ1) is 12.4. The van der Waals surface area contributed by atoms with Gasteiger partial charge in [-0.15, -0.1) is 0 Å². The highest BCUT2D eigenvalue weighted by atomic mass is 32.1. The van der Waals surface area contributed by atoms with E-state index in [4.69, 9.17) is 22.7 Å². The fourth-order valence-electron chi connectivity index (χ4n) is 1.40. The Hall–Kier alpha value is -0.680. The number of amides is 1. The van der Waals surface area contributed by atoms with Crippen LogP contribution in [0.1, 0.15) is 26.2 Å². The van der Waals surface area contributed by atoms with E-state index in [0.29, 0.717) is 24.7 Å². The molecule has 0 aromatic heterocycles. The number of carbonyl (C=O) groups excluding carboxylic acids is 1. The number of thiocarbonyl (C=S) groups is 1. The molecule has 0 aliphatic heterocycles. The van der Waals surface area contributed by atoms with E-state index < -0.39 is 5.41 Å². The quantitative estimate of drug-likeness (QED) is 0.496. The molecule has 0 atom stereocenters. The van der Waals surface area contributed by atoms with Crippen LogP contribution in [0.2, 0.25) is 0 Å². The highest BCUT2D eigenvalue weighted by molar-refractivity contribution is 7.80. The van der Waals surface area contributed by atoms with Gasteiger partial charge in [-0.1, -0.05) is 12.2 Å². The van der Waals surface area contributed by atoms with Crippen LogP contribution in [0.5, 0.6) is 0 Å². The van der Waals surface area contributed by atoms with E-state index in [9.17, 15) is 4.79 Å². The maximum atomic E-state index is 11.7. The van der Waals surface area contributed by atoms with Gasteiger partial charge in [-0.25, -0.2) is 0 Å². The summed E-state index contributed by atoms with van der Waals surface area (Å²) < 4.78 is 5.16. The van der Waals surface area contributed by atoms with E-state index in [-0.39, 0.29) is 5.91 Å². The highest BCUT2D eigenvalue weighted by Gasteiger charge is 2.52. The largest absolute Gasteiger partial charge is 0.392 e. The smallest absolute Gasteiger partial charge is 0.233 e. The molecular formula is C10H18N2O2S. The van der Waals surface area contributed by atoms with Gasteiger partial charge in [0.05, 0.1) is 10.4 Å². The van der Waals surface area contributed by atoms with Crippen molar-refractivity contribution in [2.45, 2.75) is 26.2 Å². The second-order valence-electron chi connectivity index (χ2n) is 3.75. The van der Waals surface area contributed by atoms with E-state index in [2.05, 4.69) is 5.32 Å². The minimum atomic E-state index is -0.527. The molecule has 5 heteroatoms. The lowest BCUT2D eigenvalue weighted by Crippen LogP contribution is -2.40. The fourth-order valence-corrected chi connectivity index (χ4v) is 1.70. The van der Waals surface area contributed by atoms with Crippen LogP contribution >= 0.6 is 12.2 Å². The Morgan fingerprint density at radius 2 is 2.27 bits per heavy atom. The monoisotopic (exact) mass is 230 g/mol. The lowest BCUT2D eigenvalue weighted by molar-refractivity contribution is -0.124. The molecule has 0 saturated heterocycles. The van der Waals surface area contributed by atoms with Crippen molar-refractivity contribution in [3.05, 3.63) is 0 Å². The standard InChI is InChI=1S/C10H18N2O2S/c1-2-14-7-3-6-12-9(13)10(4-5-10)8(11)15/h2-7H2,1H3,(H2,11,15)(H,12,13). The van der Waals surface area contributed by atoms with Crippen molar-refractivity contribution in [2.75, 3.05) is 19.8 Å². The van der Waals surface area contributed by atoms with Crippen LogP contribution < -0.4 is 11.1 Å². The van der Waals surface area contributed by atoms with Gasteiger partial charge >= 0.3 is 0 Å². The summed E-state index contributed by atoms with van der Waals surface area (Å²) in [6.07, 6.45) is 2.41. The second-order valence-corrected chi connectivity index (χ2v) is 4.19.